The topological polar surface area (TPSA) is 88.5 Å². The minimum absolute atomic E-state index is 0.181. The number of fused-ring (bicyclic) bond motifs is 1. The van der Waals surface area contributed by atoms with Gasteiger partial charge in [-0.15, -0.1) is 5.10 Å². The molecule has 2 aromatic heterocycles. The molecule has 3 aromatic rings. The second-order valence-corrected chi connectivity index (χ2v) is 5.13. The van der Waals surface area contributed by atoms with E-state index in [9.17, 15) is 4.79 Å². The number of H-pyrrole nitrogens is 1. The van der Waals surface area contributed by atoms with Crippen molar-refractivity contribution in [2.45, 2.75) is 19.9 Å². The zero-order chi connectivity index (χ0) is 15.0. The Hall–Kier alpha value is -2.70. The lowest BCUT2D eigenvalue weighted by Crippen LogP contribution is -2.28. The Labute approximate surface area is 121 Å². The number of amides is 1. The van der Waals surface area contributed by atoms with Gasteiger partial charge in [0.1, 0.15) is 5.69 Å². The molecule has 3 rings (SSSR count). The lowest BCUT2D eigenvalue weighted by Gasteiger charge is -2.11. The molecule has 1 amide bonds. The molecule has 7 heteroatoms. The lowest BCUT2D eigenvalue weighted by molar-refractivity contribution is 0.0933. The molecule has 21 heavy (non-hydrogen) atoms. The van der Waals surface area contributed by atoms with Gasteiger partial charge in [-0.1, -0.05) is 12.1 Å². The number of rotatable bonds is 3. The van der Waals surface area contributed by atoms with Gasteiger partial charge in [0.05, 0.1) is 6.04 Å². The number of aromatic amines is 1. The molecule has 7 nitrogen and oxygen atoms in total. The zero-order valence-corrected chi connectivity index (χ0v) is 12.1. The van der Waals surface area contributed by atoms with Crippen LogP contribution in [0.4, 0.5) is 0 Å². The zero-order valence-electron chi connectivity index (χ0n) is 12.1. The van der Waals surface area contributed by atoms with E-state index >= 15 is 0 Å². The van der Waals surface area contributed by atoms with Gasteiger partial charge in [0.15, 0.2) is 5.82 Å². The maximum absolute atomic E-state index is 12.3. The van der Waals surface area contributed by atoms with Gasteiger partial charge in [-0.05, 0) is 42.0 Å². The van der Waals surface area contributed by atoms with Crippen LogP contribution in [0, 0.1) is 6.92 Å². The number of nitrogens with zero attached hydrogens (tertiary/aromatic N) is 4. The molecule has 0 aliphatic rings. The van der Waals surface area contributed by atoms with Crippen molar-refractivity contribution in [3.63, 3.8) is 0 Å². The average Bonchev–Trinajstić information content (AvgIpc) is 3.04. The van der Waals surface area contributed by atoms with E-state index < -0.39 is 0 Å². The number of hydrogen-bond acceptors (Lipinski definition) is 4. The maximum atomic E-state index is 12.3. The Kier molecular flexibility index (Phi) is 3.17. The quantitative estimate of drug-likeness (QED) is 0.762. The normalized spacial score (nSPS) is 12.5. The van der Waals surface area contributed by atoms with Crippen LogP contribution < -0.4 is 5.32 Å². The molecule has 0 aliphatic heterocycles. The first-order chi connectivity index (χ1) is 10.0. The second-order valence-electron chi connectivity index (χ2n) is 5.13. The monoisotopic (exact) mass is 284 g/mol. The van der Waals surface area contributed by atoms with E-state index in [4.69, 9.17) is 0 Å². The first kappa shape index (κ1) is 13.3. The molecule has 0 bridgehead atoms. The minimum Gasteiger partial charge on any atom is -0.351 e. The highest BCUT2D eigenvalue weighted by Crippen LogP contribution is 2.17. The molecule has 0 unspecified atom stereocenters. The Morgan fingerprint density at radius 3 is 2.90 bits per heavy atom. The molecule has 0 aliphatic carbocycles. The smallest absolute Gasteiger partial charge is 0.268 e. The summed E-state index contributed by atoms with van der Waals surface area (Å²) < 4.78 is 1.54. The van der Waals surface area contributed by atoms with Gasteiger partial charge in [0.2, 0.25) is 0 Å². The summed E-state index contributed by atoms with van der Waals surface area (Å²) in [4.78, 5) is 15.4. The molecular weight excluding hydrogens is 268 g/mol. The summed E-state index contributed by atoms with van der Waals surface area (Å²) >= 11 is 0. The van der Waals surface area contributed by atoms with Crippen molar-refractivity contribution < 1.29 is 4.79 Å². The number of hydrogen-bond donors (Lipinski definition) is 2. The van der Waals surface area contributed by atoms with E-state index in [1.54, 1.807) is 11.7 Å². The Balaban J connectivity index is 1.82. The van der Waals surface area contributed by atoms with Crippen molar-refractivity contribution in [1.82, 2.24) is 30.5 Å². The number of carbonyl (C=O) groups is 1. The fraction of sp³-hybridized carbons (Fsp3) is 0.286. The molecular formula is C14H16N6O. The van der Waals surface area contributed by atoms with E-state index in [1.165, 1.54) is 0 Å². The Morgan fingerprint density at radius 2 is 2.19 bits per heavy atom. The van der Waals surface area contributed by atoms with E-state index in [-0.39, 0.29) is 11.9 Å². The van der Waals surface area contributed by atoms with Crippen LogP contribution in [0.2, 0.25) is 0 Å². The largest absolute Gasteiger partial charge is 0.351 e. The third-order valence-electron chi connectivity index (χ3n) is 3.41. The van der Waals surface area contributed by atoms with Crippen LogP contribution in [0.3, 0.4) is 0 Å². The number of aryl methyl sites for hydroxylation is 2. The summed E-state index contributed by atoms with van der Waals surface area (Å²) in [5.74, 6) is 0.426. The van der Waals surface area contributed by atoms with Crippen molar-refractivity contribution in [2.24, 2.45) is 7.05 Å². The Morgan fingerprint density at radius 1 is 1.38 bits per heavy atom. The van der Waals surface area contributed by atoms with Gasteiger partial charge < -0.3 is 10.3 Å². The standard InChI is InChI=1S/C14H16N6O/c1-8-4-5-10-7-12(16-11(10)6-8)14(21)15-9(2)13-17-18-19-20(13)3/h4-7,9,16H,1-3H3,(H,15,21)/t9-/m1/s1. The van der Waals surface area contributed by atoms with Crippen molar-refractivity contribution >= 4 is 16.8 Å². The molecule has 0 spiro atoms. The van der Waals surface area contributed by atoms with E-state index in [0.29, 0.717) is 11.5 Å². The Bertz CT molecular complexity index is 803. The van der Waals surface area contributed by atoms with Crippen LogP contribution in [-0.2, 0) is 7.05 Å². The number of tetrazole rings is 1. The molecule has 0 saturated heterocycles. The van der Waals surface area contributed by atoms with E-state index in [1.807, 2.05) is 38.1 Å². The molecule has 0 fully saturated rings. The second kappa shape index (κ2) is 5.01. The van der Waals surface area contributed by atoms with Crippen LogP contribution in [-0.4, -0.2) is 31.1 Å². The summed E-state index contributed by atoms with van der Waals surface area (Å²) in [5, 5.41) is 15.1. The van der Waals surface area contributed by atoms with Crippen molar-refractivity contribution in [3.8, 4) is 0 Å². The molecule has 0 radical (unpaired) electrons. The fourth-order valence-corrected chi connectivity index (χ4v) is 2.31. The predicted molar refractivity (Wildman–Crippen MR) is 77.7 cm³/mol. The van der Waals surface area contributed by atoms with Crippen LogP contribution in [0.1, 0.15) is 34.8 Å². The minimum atomic E-state index is -0.273. The van der Waals surface area contributed by atoms with Gasteiger partial charge in [-0.25, -0.2) is 4.68 Å². The summed E-state index contributed by atoms with van der Waals surface area (Å²) in [6.45, 7) is 3.86. The van der Waals surface area contributed by atoms with Gasteiger partial charge in [-0.2, -0.15) is 0 Å². The van der Waals surface area contributed by atoms with Crippen LogP contribution >= 0.6 is 0 Å². The van der Waals surface area contributed by atoms with Gasteiger partial charge in [-0.3, -0.25) is 4.79 Å². The highest BCUT2D eigenvalue weighted by atomic mass is 16.2. The maximum Gasteiger partial charge on any atom is 0.268 e. The summed E-state index contributed by atoms with van der Waals surface area (Å²) in [6, 6.07) is 7.60. The van der Waals surface area contributed by atoms with Crippen molar-refractivity contribution in [3.05, 3.63) is 41.3 Å². The third kappa shape index (κ3) is 2.49. The predicted octanol–water partition coefficient (Wildman–Crippen LogP) is 1.49. The van der Waals surface area contributed by atoms with E-state index in [0.717, 1.165) is 16.5 Å². The molecule has 1 aromatic carbocycles. The summed E-state index contributed by atoms with van der Waals surface area (Å²) in [6.07, 6.45) is 0. The third-order valence-corrected chi connectivity index (χ3v) is 3.41. The van der Waals surface area contributed by atoms with E-state index in [2.05, 4.69) is 25.8 Å². The first-order valence-corrected chi connectivity index (χ1v) is 6.67. The average molecular weight is 284 g/mol. The molecule has 2 heterocycles. The van der Waals surface area contributed by atoms with Crippen LogP contribution in [0.25, 0.3) is 10.9 Å². The summed E-state index contributed by atoms with van der Waals surface area (Å²) in [7, 11) is 1.74. The lowest BCUT2D eigenvalue weighted by atomic mass is 10.2. The molecule has 0 saturated carbocycles. The van der Waals surface area contributed by atoms with Crippen LogP contribution in [0.15, 0.2) is 24.3 Å². The van der Waals surface area contributed by atoms with Crippen molar-refractivity contribution in [1.29, 1.82) is 0 Å². The SMILES string of the molecule is Cc1ccc2cc(C(=O)N[C@H](C)c3nnnn3C)[nH]c2c1. The number of carbonyl (C=O) groups excluding carboxylic acids is 1. The van der Waals surface area contributed by atoms with Crippen LogP contribution in [0.5, 0.6) is 0 Å². The first-order valence-electron chi connectivity index (χ1n) is 6.67. The van der Waals surface area contributed by atoms with Gasteiger partial charge in [0.25, 0.3) is 5.91 Å². The molecule has 1 atom stereocenters. The van der Waals surface area contributed by atoms with Gasteiger partial charge >= 0.3 is 0 Å². The number of nitrogens with one attached hydrogen (secondary N) is 2. The summed E-state index contributed by atoms with van der Waals surface area (Å²) in [5.41, 5.74) is 2.63. The highest BCUT2D eigenvalue weighted by Gasteiger charge is 2.17. The molecule has 2 N–H and O–H groups in total. The highest BCUT2D eigenvalue weighted by molar-refractivity contribution is 5.98. The number of benzene rings is 1. The van der Waals surface area contributed by atoms with Gasteiger partial charge in [0, 0.05) is 18.0 Å². The molecule has 108 valence electrons. The van der Waals surface area contributed by atoms with Crippen molar-refractivity contribution in [2.75, 3.05) is 0 Å². The number of aromatic nitrogens is 5. The fourth-order valence-electron chi connectivity index (χ4n) is 2.31.